The molecule has 4 rings (SSSR count). The summed E-state index contributed by atoms with van der Waals surface area (Å²) in [5.74, 6) is 0.838. The van der Waals surface area contributed by atoms with E-state index in [2.05, 4.69) is 20.1 Å². The third-order valence-electron chi connectivity index (χ3n) is 5.01. The Balaban J connectivity index is 1.47. The van der Waals surface area contributed by atoms with Crippen molar-refractivity contribution in [1.82, 2.24) is 25.0 Å². The van der Waals surface area contributed by atoms with E-state index in [4.69, 9.17) is 4.52 Å². The summed E-state index contributed by atoms with van der Waals surface area (Å²) in [7, 11) is 0. The van der Waals surface area contributed by atoms with Crippen LogP contribution in [0, 0.1) is 0 Å². The lowest BCUT2D eigenvalue weighted by Gasteiger charge is -2.29. The average Bonchev–Trinajstić information content (AvgIpc) is 3.31. The van der Waals surface area contributed by atoms with E-state index < -0.39 is 0 Å². The molecule has 1 unspecified atom stereocenters. The quantitative estimate of drug-likeness (QED) is 0.429. The lowest BCUT2D eigenvalue weighted by atomic mass is 10.1. The Bertz CT molecular complexity index is 1100. The molecule has 31 heavy (non-hydrogen) atoms. The van der Waals surface area contributed by atoms with Gasteiger partial charge in [0.25, 0.3) is 0 Å². The van der Waals surface area contributed by atoms with Crippen molar-refractivity contribution >= 4 is 5.91 Å². The molecule has 0 saturated heterocycles. The molecule has 0 N–H and O–H groups in total. The molecule has 156 valence electrons. The standard InChI is InChI=1S/C24H23N5O2/c1-18(20-11-5-7-15-25-20)29(17-19-9-3-2-4-10-19)23(30)14-13-22-27-24(28-31-22)21-12-6-8-16-26-21/h2-12,15-16,18H,13-14,17H2,1H3. The summed E-state index contributed by atoms with van der Waals surface area (Å²) in [5.41, 5.74) is 2.55. The van der Waals surface area contributed by atoms with Crippen molar-refractivity contribution in [3.63, 3.8) is 0 Å². The molecule has 0 spiro atoms. The van der Waals surface area contributed by atoms with Gasteiger partial charge in [0.05, 0.1) is 11.7 Å². The van der Waals surface area contributed by atoms with Crippen molar-refractivity contribution in [2.75, 3.05) is 0 Å². The van der Waals surface area contributed by atoms with Crippen LogP contribution in [0.2, 0.25) is 0 Å². The van der Waals surface area contributed by atoms with Gasteiger partial charge in [0, 0.05) is 31.8 Å². The fraction of sp³-hybridized carbons (Fsp3) is 0.208. The zero-order chi connectivity index (χ0) is 21.5. The summed E-state index contributed by atoms with van der Waals surface area (Å²) in [4.78, 5) is 28.1. The van der Waals surface area contributed by atoms with Crippen molar-refractivity contribution in [3.8, 4) is 11.5 Å². The molecule has 0 bridgehead atoms. The summed E-state index contributed by atoms with van der Waals surface area (Å²) < 4.78 is 5.33. The molecule has 7 nitrogen and oxygen atoms in total. The van der Waals surface area contributed by atoms with Crippen LogP contribution in [-0.2, 0) is 17.8 Å². The highest BCUT2D eigenvalue weighted by molar-refractivity contribution is 5.76. The third kappa shape index (κ3) is 5.19. The van der Waals surface area contributed by atoms with Crippen LogP contribution in [0.25, 0.3) is 11.5 Å². The first-order valence-electron chi connectivity index (χ1n) is 10.2. The number of hydrogen-bond acceptors (Lipinski definition) is 6. The number of aromatic nitrogens is 4. The molecular weight excluding hydrogens is 390 g/mol. The lowest BCUT2D eigenvalue weighted by Crippen LogP contribution is -2.33. The van der Waals surface area contributed by atoms with Crippen LogP contribution in [0.15, 0.2) is 83.6 Å². The third-order valence-corrected chi connectivity index (χ3v) is 5.01. The summed E-state index contributed by atoms with van der Waals surface area (Å²) >= 11 is 0. The van der Waals surface area contributed by atoms with E-state index in [9.17, 15) is 4.79 Å². The maximum Gasteiger partial charge on any atom is 0.227 e. The highest BCUT2D eigenvalue weighted by atomic mass is 16.5. The number of carbonyl (C=O) groups excluding carboxylic acids is 1. The van der Waals surface area contributed by atoms with Gasteiger partial charge in [-0.1, -0.05) is 47.6 Å². The molecule has 1 amide bonds. The number of carbonyl (C=O) groups is 1. The van der Waals surface area contributed by atoms with Gasteiger partial charge in [0.1, 0.15) is 5.69 Å². The highest BCUT2D eigenvalue weighted by Crippen LogP contribution is 2.22. The van der Waals surface area contributed by atoms with E-state index in [0.717, 1.165) is 11.3 Å². The number of amides is 1. The Morgan fingerprint density at radius 2 is 1.71 bits per heavy atom. The Kier molecular flexibility index (Phi) is 6.42. The van der Waals surface area contributed by atoms with Crippen LogP contribution in [0.3, 0.4) is 0 Å². The first-order chi connectivity index (χ1) is 15.2. The van der Waals surface area contributed by atoms with Crippen LogP contribution in [-0.4, -0.2) is 30.9 Å². The van der Waals surface area contributed by atoms with Crippen molar-refractivity contribution in [2.24, 2.45) is 0 Å². The van der Waals surface area contributed by atoms with Crippen LogP contribution in [0.1, 0.15) is 36.5 Å². The monoisotopic (exact) mass is 413 g/mol. The van der Waals surface area contributed by atoms with Crippen LogP contribution in [0.5, 0.6) is 0 Å². The van der Waals surface area contributed by atoms with Gasteiger partial charge in [-0.05, 0) is 36.8 Å². The first kappa shape index (κ1) is 20.4. The molecule has 0 aliphatic carbocycles. The molecule has 3 aromatic heterocycles. The summed E-state index contributed by atoms with van der Waals surface area (Å²) in [6.45, 7) is 2.50. The summed E-state index contributed by atoms with van der Waals surface area (Å²) in [6.07, 6.45) is 4.04. The lowest BCUT2D eigenvalue weighted by molar-refractivity contribution is -0.134. The minimum Gasteiger partial charge on any atom is -0.339 e. The summed E-state index contributed by atoms with van der Waals surface area (Å²) in [5, 5.41) is 3.98. The topological polar surface area (TPSA) is 85.0 Å². The molecule has 4 aromatic rings. The Labute approximate surface area is 180 Å². The van der Waals surface area contributed by atoms with Gasteiger partial charge in [-0.3, -0.25) is 14.8 Å². The van der Waals surface area contributed by atoms with E-state index in [1.807, 2.05) is 78.6 Å². The van der Waals surface area contributed by atoms with E-state index in [1.54, 1.807) is 12.4 Å². The number of nitrogens with zero attached hydrogens (tertiary/aromatic N) is 5. The maximum absolute atomic E-state index is 13.2. The Hall–Kier alpha value is -3.87. The second-order valence-corrected chi connectivity index (χ2v) is 7.16. The van der Waals surface area contributed by atoms with Crippen LogP contribution >= 0.6 is 0 Å². The van der Waals surface area contributed by atoms with E-state index in [-0.39, 0.29) is 18.4 Å². The largest absolute Gasteiger partial charge is 0.339 e. The number of aryl methyl sites for hydroxylation is 1. The zero-order valence-electron chi connectivity index (χ0n) is 17.3. The van der Waals surface area contributed by atoms with E-state index in [1.165, 1.54) is 0 Å². The zero-order valence-corrected chi connectivity index (χ0v) is 17.3. The second-order valence-electron chi connectivity index (χ2n) is 7.16. The maximum atomic E-state index is 13.2. The molecular formula is C24H23N5O2. The fourth-order valence-corrected chi connectivity index (χ4v) is 3.32. The molecule has 1 aromatic carbocycles. The highest BCUT2D eigenvalue weighted by Gasteiger charge is 2.23. The van der Waals surface area contributed by atoms with Gasteiger partial charge in [-0.15, -0.1) is 0 Å². The molecule has 3 heterocycles. The molecule has 0 aliphatic heterocycles. The predicted octanol–water partition coefficient (Wildman–Crippen LogP) is 4.25. The van der Waals surface area contributed by atoms with Crippen LogP contribution < -0.4 is 0 Å². The smallest absolute Gasteiger partial charge is 0.227 e. The van der Waals surface area contributed by atoms with Gasteiger partial charge >= 0.3 is 0 Å². The molecule has 0 fully saturated rings. The SMILES string of the molecule is CC(c1ccccn1)N(Cc1ccccc1)C(=O)CCc1nc(-c2ccccn2)no1. The Morgan fingerprint density at radius 3 is 2.42 bits per heavy atom. The van der Waals surface area contributed by atoms with Gasteiger partial charge < -0.3 is 9.42 Å². The number of hydrogen-bond donors (Lipinski definition) is 0. The van der Waals surface area contributed by atoms with Crippen molar-refractivity contribution in [1.29, 1.82) is 0 Å². The minimum absolute atomic E-state index is 0.000378. The van der Waals surface area contributed by atoms with Gasteiger partial charge in [-0.25, -0.2) is 0 Å². The first-order valence-corrected chi connectivity index (χ1v) is 10.2. The molecule has 7 heteroatoms. The number of benzene rings is 1. The molecule has 0 radical (unpaired) electrons. The average molecular weight is 413 g/mol. The molecule has 0 aliphatic rings. The molecule has 1 atom stereocenters. The normalized spacial score (nSPS) is 11.8. The van der Waals surface area contributed by atoms with E-state index in [0.29, 0.717) is 30.4 Å². The van der Waals surface area contributed by atoms with Gasteiger partial charge in [-0.2, -0.15) is 4.98 Å². The van der Waals surface area contributed by atoms with Gasteiger partial charge in [0.2, 0.25) is 17.6 Å². The predicted molar refractivity (Wildman–Crippen MR) is 115 cm³/mol. The summed E-state index contributed by atoms with van der Waals surface area (Å²) in [6, 6.07) is 21.0. The molecule has 0 saturated carbocycles. The van der Waals surface area contributed by atoms with Gasteiger partial charge in [0.15, 0.2) is 0 Å². The minimum atomic E-state index is -0.166. The second kappa shape index (κ2) is 9.75. The van der Waals surface area contributed by atoms with Crippen molar-refractivity contribution in [3.05, 3.63) is 96.3 Å². The van der Waals surface area contributed by atoms with Crippen molar-refractivity contribution < 1.29 is 9.32 Å². The van der Waals surface area contributed by atoms with Crippen LogP contribution in [0.4, 0.5) is 0 Å². The number of rotatable bonds is 8. The van der Waals surface area contributed by atoms with E-state index >= 15 is 0 Å². The number of pyridine rings is 2. The fourth-order valence-electron chi connectivity index (χ4n) is 3.32. The van der Waals surface area contributed by atoms with Crippen molar-refractivity contribution in [2.45, 2.75) is 32.4 Å². The Morgan fingerprint density at radius 1 is 0.968 bits per heavy atom.